The van der Waals surface area contributed by atoms with E-state index in [4.69, 9.17) is 0 Å². The van der Waals surface area contributed by atoms with Gasteiger partial charge in [0, 0.05) is 11.8 Å². The SMILES string of the molecule is CC1=CCC[C@H]2[C@@](C)(C/C=C3\CC(=O)N(/C=C(\CC[C@@]4(C)[C@H](C)CC[C@@]5(C)C(C)=CCC[C@@H]45)CC(=O)O)C3=O)[C@H](C)CC[C@@]12C. The van der Waals surface area contributed by atoms with Crippen LogP contribution in [0, 0.1) is 45.3 Å². The van der Waals surface area contributed by atoms with E-state index in [1.807, 2.05) is 0 Å². The summed E-state index contributed by atoms with van der Waals surface area (Å²) in [4.78, 5) is 40.2. The first kappa shape index (κ1) is 33.9. The van der Waals surface area contributed by atoms with Crippen molar-refractivity contribution in [1.82, 2.24) is 4.90 Å². The monoisotopic (exact) mass is 617 g/mol. The fraction of sp³-hybridized carbons (Fsp3) is 0.725. The first-order valence-corrected chi connectivity index (χ1v) is 17.9. The highest BCUT2D eigenvalue weighted by atomic mass is 16.4. The zero-order chi connectivity index (χ0) is 32.9. The smallest absolute Gasteiger partial charge is 0.307 e. The predicted molar refractivity (Wildman–Crippen MR) is 181 cm³/mol. The van der Waals surface area contributed by atoms with Crippen LogP contribution in [0.4, 0.5) is 0 Å². The number of amides is 2. The first-order chi connectivity index (χ1) is 21.1. The Morgan fingerprint density at radius 2 is 1.42 bits per heavy atom. The fourth-order valence-corrected chi connectivity index (χ4v) is 10.8. The molecular formula is C40H59NO4. The summed E-state index contributed by atoms with van der Waals surface area (Å²) in [5.41, 5.74) is 4.77. The van der Waals surface area contributed by atoms with E-state index in [-0.39, 0.29) is 46.3 Å². The lowest BCUT2D eigenvalue weighted by Gasteiger charge is -2.58. The average molecular weight is 618 g/mol. The van der Waals surface area contributed by atoms with Gasteiger partial charge in [-0.1, -0.05) is 70.9 Å². The molecule has 5 nitrogen and oxygen atoms in total. The maximum absolute atomic E-state index is 13.7. The number of carboxylic acids is 1. The zero-order valence-corrected chi connectivity index (χ0v) is 29.4. The van der Waals surface area contributed by atoms with Crippen LogP contribution in [0.2, 0.25) is 0 Å². The summed E-state index contributed by atoms with van der Waals surface area (Å²) in [7, 11) is 0. The highest BCUT2D eigenvalue weighted by Crippen LogP contribution is 2.63. The van der Waals surface area contributed by atoms with Gasteiger partial charge in [-0.3, -0.25) is 19.3 Å². The number of hydrogen-bond donors (Lipinski definition) is 1. The number of carbonyl (C=O) groups excluding carboxylic acids is 2. The second kappa shape index (κ2) is 12.3. The van der Waals surface area contributed by atoms with Crippen LogP contribution in [0.15, 0.2) is 46.7 Å². The number of hydrogen-bond acceptors (Lipinski definition) is 3. The minimum absolute atomic E-state index is 0.0594. The third-order valence-corrected chi connectivity index (χ3v) is 14.8. The van der Waals surface area contributed by atoms with E-state index in [2.05, 4.69) is 73.6 Å². The molecule has 1 saturated heterocycles. The largest absolute Gasteiger partial charge is 0.481 e. The molecule has 2 amide bonds. The van der Waals surface area contributed by atoms with E-state index < -0.39 is 5.97 Å². The quantitative estimate of drug-likeness (QED) is 0.167. The van der Waals surface area contributed by atoms with Gasteiger partial charge in [-0.25, -0.2) is 0 Å². The summed E-state index contributed by atoms with van der Waals surface area (Å²) in [5.74, 6) is 0.741. The lowest BCUT2D eigenvalue weighted by atomic mass is 9.47. The van der Waals surface area contributed by atoms with Gasteiger partial charge in [0.15, 0.2) is 0 Å². The van der Waals surface area contributed by atoms with Crippen LogP contribution in [-0.4, -0.2) is 27.8 Å². The molecule has 0 bridgehead atoms. The molecule has 248 valence electrons. The van der Waals surface area contributed by atoms with Crippen LogP contribution in [0.1, 0.15) is 139 Å². The Labute approximate surface area is 272 Å². The molecule has 1 aliphatic heterocycles. The Morgan fingerprint density at radius 1 is 0.889 bits per heavy atom. The summed E-state index contributed by atoms with van der Waals surface area (Å²) < 4.78 is 0. The molecule has 4 aliphatic carbocycles. The van der Waals surface area contributed by atoms with Gasteiger partial charge in [-0.15, -0.1) is 0 Å². The van der Waals surface area contributed by atoms with E-state index in [9.17, 15) is 19.5 Å². The van der Waals surface area contributed by atoms with Crippen LogP contribution < -0.4 is 0 Å². The van der Waals surface area contributed by atoms with Crippen molar-refractivity contribution in [2.75, 3.05) is 0 Å². The van der Waals surface area contributed by atoms with Gasteiger partial charge < -0.3 is 5.11 Å². The van der Waals surface area contributed by atoms with Gasteiger partial charge in [0.25, 0.3) is 5.91 Å². The summed E-state index contributed by atoms with van der Waals surface area (Å²) in [5, 5.41) is 9.82. The second-order valence-electron chi connectivity index (χ2n) is 16.8. The maximum Gasteiger partial charge on any atom is 0.307 e. The molecule has 5 aliphatic rings. The van der Waals surface area contributed by atoms with Crippen molar-refractivity contribution in [3.8, 4) is 0 Å². The Hall–Kier alpha value is -2.43. The molecule has 3 fully saturated rings. The van der Waals surface area contributed by atoms with Crippen molar-refractivity contribution < 1.29 is 19.5 Å². The third-order valence-electron chi connectivity index (χ3n) is 14.8. The summed E-state index contributed by atoms with van der Waals surface area (Å²) in [6.45, 7) is 19.0. The molecule has 0 aromatic heterocycles. The van der Waals surface area contributed by atoms with Gasteiger partial charge in [0.1, 0.15) is 0 Å². The summed E-state index contributed by atoms with van der Waals surface area (Å²) in [6, 6.07) is 0. The summed E-state index contributed by atoms with van der Waals surface area (Å²) in [6.07, 6.45) is 20.0. The van der Waals surface area contributed by atoms with Crippen molar-refractivity contribution in [3.63, 3.8) is 0 Å². The van der Waals surface area contributed by atoms with Crippen LogP contribution >= 0.6 is 0 Å². The highest BCUT2D eigenvalue weighted by molar-refractivity contribution is 6.14. The van der Waals surface area contributed by atoms with E-state index in [0.29, 0.717) is 41.2 Å². The van der Waals surface area contributed by atoms with Crippen LogP contribution in [-0.2, 0) is 14.4 Å². The van der Waals surface area contributed by atoms with Crippen LogP contribution in [0.3, 0.4) is 0 Å². The minimum Gasteiger partial charge on any atom is -0.481 e. The van der Waals surface area contributed by atoms with Crippen molar-refractivity contribution >= 4 is 17.8 Å². The van der Waals surface area contributed by atoms with E-state index in [1.165, 1.54) is 41.7 Å². The van der Waals surface area contributed by atoms with Gasteiger partial charge in [-0.05, 0) is 135 Å². The fourth-order valence-electron chi connectivity index (χ4n) is 10.8. The number of likely N-dealkylation sites (tertiary alicyclic amines) is 1. The average Bonchev–Trinajstić information content (AvgIpc) is 3.25. The lowest BCUT2D eigenvalue weighted by molar-refractivity contribution is -0.137. The molecule has 0 aromatic carbocycles. The zero-order valence-electron chi connectivity index (χ0n) is 29.4. The Balaban J connectivity index is 1.35. The van der Waals surface area contributed by atoms with Crippen molar-refractivity contribution in [3.05, 3.63) is 46.7 Å². The molecule has 5 heteroatoms. The van der Waals surface area contributed by atoms with Crippen molar-refractivity contribution in [2.45, 2.75) is 139 Å². The minimum atomic E-state index is -0.918. The number of allylic oxidation sites excluding steroid dienone is 5. The van der Waals surface area contributed by atoms with Gasteiger partial charge in [0.05, 0.1) is 12.8 Å². The number of fused-ring (bicyclic) bond motifs is 2. The number of imide groups is 1. The molecule has 2 saturated carbocycles. The summed E-state index contributed by atoms with van der Waals surface area (Å²) >= 11 is 0. The molecule has 8 atom stereocenters. The third kappa shape index (κ3) is 5.84. The normalized spacial score (nSPS) is 41.5. The van der Waals surface area contributed by atoms with Crippen LogP contribution in [0.25, 0.3) is 0 Å². The molecule has 0 radical (unpaired) electrons. The predicted octanol–water partition coefficient (Wildman–Crippen LogP) is 9.80. The highest BCUT2D eigenvalue weighted by Gasteiger charge is 2.54. The van der Waals surface area contributed by atoms with Crippen molar-refractivity contribution in [2.24, 2.45) is 45.3 Å². The first-order valence-electron chi connectivity index (χ1n) is 17.9. The Bertz CT molecular complexity index is 1350. The van der Waals surface area contributed by atoms with Gasteiger partial charge >= 0.3 is 5.97 Å². The number of rotatable bonds is 8. The molecule has 5 rings (SSSR count). The topological polar surface area (TPSA) is 74.7 Å². The lowest BCUT2D eigenvalue weighted by Crippen LogP contribution is -2.49. The molecule has 45 heavy (non-hydrogen) atoms. The van der Waals surface area contributed by atoms with Gasteiger partial charge in [-0.2, -0.15) is 0 Å². The number of aliphatic carboxylic acids is 1. The second-order valence-corrected chi connectivity index (χ2v) is 16.8. The molecule has 0 spiro atoms. The van der Waals surface area contributed by atoms with Crippen LogP contribution in [0.5, 0.6) is 0 Å². The van der Waals surface area contributed by atoms with E-state index in [1.54, 1.807) is 6.20 Å². The maximum atomic E-state index is 13.7. The number of carbonyl (C=O) groups is 3. The molecule has 0 aromatic rings. The molecule has 1 N–H and O–H groups in total. The van der Waals surface area contributed by atoms with Gasteiger partial charge in [0.2, 0.25) is 5.91 Å². The number of nitrogens with zero attached hydrogens (tertiary/aromatic N) is 1. The Kier molecular flexibility index (Phi) is 9.27. The molecular weight excluding hydrogens is 558 g/mol. The Morgan fingerprint density at radius 3 is 1.98 bits per heavy atom. The van der Waals surface area contributed by atoms with E-state index in [0.717, 1.165) is 38.5 Å². The molecule has 1 heterocycles. The molecule has 0 unspecified atom stereocenters. The number of carboxylic acid groups (broad SMARTS) is 1. The van der Waals surface area contributed by atoms with Crippen molar-refractivity contribution in [1.29, 1.82) is 0 Å². The standard InChI is InChI=1S/C40H59NO4/c1-26-11-9-13-32-37(26,5)19-15-28(3)39(32,7)21-17-30(23-35(43)44)25-41-34(42)24-31(36(41)45)18-22-40(8)29(4)16-20-38(6)27(2)12-10-14-33(38)40/h11-12,18,25,28-29,32-33H,9-10,13-17,19-24H2,1-8H3,(H,43,44)/b30-25+,31-18+/t28-,29-,32-,33-,37+,38+,39+,40+/m1/s1. The van der Waals surface area contributed by atoms with E-state index >= 15 is 0 Å².